The second kappa shape index (κ2) is 5.53. The van der Waals surface area contributed by atoms with Crippen molar-refractivity contribution in [2.24, 2.45) is 0 Å². The molecule has 1 atom stereocenters. The first kappa shape index (κ1) is 13.0. The van der Waals surface area contributed by atoms with Gasteiger partial charge in [0.25, 0.3) is 0 Å². The number of anilines is 1. The summed E-state index contributed by atoms with van der Waals surface area (Å²) in [5.41, 5.74) is 2.05. The molecule has 0 saturated carbocycles. The van der Waals surface area contributed by atoms with Crippen LogP contribution in [-0.4, -0.2) is 26.5 Å². The van der Waals surface area contributed by atoms with Gasteiger partial charge in [-0.3, -0.25) is 4.98 Å². The molecule has 0 amide bonds. The summed E-state index contributed by atoms with van der Waals surface area (Å²) in [7, 11) is 0. The molecule has 5 nitrogen and oxygen atoms in total. The average Bonchev–Trinajstić information content (AvgIpc) is 2.47. The molecule has 20 heavy (non-hydrogen) atoms. The van der Waals surface area contributed by atoms with Crippen LogP contribution in [0.2, 0.25) is 0 Å². The van der Waals surface area contributed by atoms with Crippen molar-refractivity contribution in [3.05, 3.63) is 41.9 Å². The Balaban J connectivity index is 1.96. The highest BCUT2D eigenvalue weighted by atomic mass is 15.2. The number of hydrogen-bond donors (Lipinski definition) is 0. The van der Waals surface area contributed by atoms with E-state index < -0.39 is 0 Å². The summed E-state index contributed by atoms with van der Waals surface area (Å²) in [5, 5.41) is 0. The van der Waals surface area contributed by atoms with Gasteiger partial charge in [-0.1, -0.05) is 0 Å². The predicted molar refractivity (Wildman–Crippen MR) is 77.5 cm³/mol. The van der Waals surface area contributed by atoms with Crippen molar-refractivity contribution < 1.29 is 0 Å². The van der Waals surface area contributed by atoms with E-state index in [1.54, 1.807) is 12.4 Å². The monoisotopic (exact) mass is 269 g/mol. The lowest BCUT2D eigenvalue weighted by Crippen LogP contribution is -2.35. The molecule has 3 rings (SSSR count). The second-order valence-electron chi connectivity index (χ2n) is 5.28. The van der Waals surface area contributed by atoms with E-state index in [4.69, 9.17) is 0 Å². The fourth-order valence-electron chi connectivity index (χ4n) is 2.82. The van der Waals surface area contributed by atoms with Crippen molar-refractivity contribution in [1.29, 1.82) is 0 Å². The Bertz CT molecular complexity index is 564. The van der Waals surface area contributed by atoms with Crippen LogP contribution in [0.4, 0.5) is 5.82 Å². The summed E-state index contributed by atoms with van der Waals surface area (Å²) in [6.07, 6.45) is 8.72. The standard InChI is InChI=1S/C15H19N5/c1-11-9-12(2)19-15(18-11)13-5-3-4-8-20(13)14-10-16-6-7-17-14/h6-7,9-10,13H,3-5,8H2,1-2H3/t13-/m1/s1. The molecule has 0 radical (unpaired) electrons. The largest absolute Gasteiger partial charge is 0.345 e. The van der Waals surface area contributed by atoms with E-state index >= 15 is 0 Å². The Morgan fingerprint density at radius 3 is 2.60 bits per heavy atom. The zero-order valence-electron chi connectivity index (χ0n) is 12.0. The van der Waals surface area contributed by atoms with E-state index in [1.165, 1.54) is 12.8 Å². The van der Waals surface area contributed by atoms with Gasteiger partial charge in [0, 0.05) is 30.3 Å². The van der Waals surface area contributed by atoms with E-state index in [9.17, 15) is 0 Å². The van der Waals surface area contributed by atoms with Crippen molar-refractivity contribution in [2.75, 3.05) is 11.4 Å². The third kappa shape index (κ3) is 2.61. The Morgan fingerprint density at radius 1 is 1.10 bits per heavy atom. The van der Waals surface area contributed by atoms with Gasteiger partial charge in [0.15, 0.2) is 5.82 Å². The van der Waals surface area contributed by atoms with Crippen LogP contribution in [0.5, 0.6) is 0 Å². The van der Waals surface area contributed by atoms with Crippen LogP contribution in [0.25, 0.3) is 0 Å². The number of rotatable bonds is 2. The van der Waals surface area contributed by atoms with Crippen molar-refractivity contribution in [3.8, 4) is 0 Å². The fraction of sp³-hybridized carbons (Fsp3) is 0.467. The molecule has 0 aromatic carbocycles. The van der Waals surface area contributed by atoms with Crippen molar-refractivity contribution in [2.45, 2.75) is 39.2 Å². The van der Waals surface area contributed by atoms with Crippen molar-refractivity contribution >= 4 is 5.82 Å². The highest BCUT2D eigenvalue weighted by molar-refractivity contribution is 5.38. The van der Waals surface area contributed by atoms with Crippen LogP contribution in [0.3, 0.4) is 0 Å². The second-order valence-corrected chi connectivity index (χ2v) is 5.28. The van der Waals surface area contributed by atoms with Gasteiger partial charge in [0.2, 0.25) is 0 Å². The molecule has 0 bridgehead atoms. The summed E-state index contributed by atoms with van der Waals surface area (Å²) < 4.78 is 0. The Labute approximate surface area is 119 Å². The molecule has 3 heterocycles. The lowest BCUT2D eigenvalue weighted by atomic mass is 10.0. The third-order valence-corrected chi connectivity index (χ3v) is 3.64. The van der Waals surface area contributed by atoms with Gasteiger partial charge in [-0.05, 0) is 39.2 Å². The van der Waals surface area contributed by atoms with Crippen LogP contribution in [0.1, 0.15) is 42.5 Å². The Hall–Kier alpha value is -2.04. The molecule has 1 fully saturated rings. The minimum atomic E-state index is 0.207. The molecule has 104 valence electrons. The summed E-state index contributed by atoms with van der Waals surface area (Å²) in [6.45, 7) is 5.03. The number of hydrogen-bond acceptors (Lipinski definition) is 5. The van der Waals surface area contributed by atoms with Gasteiger partial charge in [-0.2, -0.15) is 0 Å². The van der Waals surface area contributed by atoms with Gasteiger partial charge in [0.05, 0.1) is 12.2 Å². The molecule has 0 unspecified atom stereocenters. The maximum absolute atomic E-state index is 4.63. The topological polar surface area (TPSA) is 54.8 Å². The number of piperidine rings is 1. The van der Waals surface area contributed by atoms with Gasteiger partial charge in [-0.15, -0.1) is 0 Å². The summed E-state index contributed by atoms with van der Waals surface area (Å²) in [5.74, 6) is 1.83. The maximum Gasteiger partial charge on any atom is 0.151 e. The predicted octanol–water partition coefficient (Wildman–Crippen LogP) is 2.62. The van der Waals surface area contributed by atoms with Crippen LogP contribution in [0.15, 0.2) is 24.7 Å². The van der Waals surface area contributed by atoms with Gasteiger partial charge in [-0.25, -0.2) is 15.0 Å². The molecule has 0 spiro atoms. The van der Waals surface area contributed by atoms with Crippen LogP contribution in [-0.2, 0) is 0 Å². The number of nitrogens with zero attached hydrogens (tertiary/aromatic N) is 5. The van der Waals surface area contributed by atoms with E-state index in [2.05, 4.69) is 24.8 Å². The first-order valence-corrected chi connectivity index (χ1v) is 7.09. The fourth-order valence-corrected chi connectivity index (χ4v) is 2.82. The van der Waals surface area contributed by atoms with Crippen LogP contribution in [0, 0.1) is 13.8 Å². The Kier molecular flexibility index (Phi) is 3.58. The maximum atomic E-state index is 4.63. The SMILES string of the molecule is Cc1cc(C)nc([C@H]2CCCCN2c2cnccn2)n1. The van der Waals surface area contributed by atoms with Crippen LogP contribution >= 0.6 is 0 Å². The summed E-state index contributed by atoms with van der Waals surface area (Å²) >= 11 is 0. The summed E-state index contributed by atoms with van der Waals surface area (Å²) in [6, 6.07) is 2.22. The normalized spacial score (nSPS) is 19.1. The highest BCUT2D eigenvalue weighted by Crippen LogP contribution is 2.32. The zero-order chi connectivity index (χ0) is 13.9. The molecule has 1 aliphatic rings. The zero-order valence-corrected chi connectivity index (χ0v) is 12.0. The quantitative estimate of drug-likeness (QED) is 0.838. The van der Waals surface area contributed by atoms with Gasteiger partial charge < -0.3 is 4.90 Å². The molecular formula is C15H19N5. The Morgan fingerprint density at radius 2 is 1.90 bits per heavy atom. The van der Waals surface area contributed by atoms with E-state index in [0.717, 1.165) is 36.0 Å². The van der Waals surface area contributed by atoms with E-state index in [0.29, 0.717) is 0 Å². The first-order valence-electron chi connectivity index (χ1n) is 7.09. The smallest absolute Gasteiger partial charge is 0.151 e. The third-order valence-electron chi connectivity index (χ3n) is 3.64. The number of aryl methyl sites for hydroxylation is 2. The first-order chi connectivity index (χ1) is 9.74. The lowest BCUT2D eigenvalue weighted by molar-refractivity contribution is 0.451. The summed E-state index contributed by atoms with van der Waals surface area (Å²) in [4.78, 5) is 20.2. The molecule has 1 saturated heterocycles. The molecule has 0 aliphatic carbocycles. The molecule has 1 aliphatic heterocycles. The molecule has 5 heteroatoms. The van der Waals surface area contributed by atoms with Crippen molar-refractivity contribution in [1.82, 2.24) is 19.9 Å². The van der Waals surface area contributed by atoms with E-state index in [1.807, 2.05) is 26.1 Å². The van der Waals surface area contributed by atoms with Crippen LogP contribution < -0.4 is 4.90 Å². The van der Waals surface area contributed by atoms with Crippen molar-refractivity contribution in [3.63, 3.8) is 0 Å². The minimum absolute atomic E-state index is 0.207. The average molecular weight is 269 g/mol. The lowest BCUT2D eigenvalue weighted by Gasteiger charge is -2.35. The molecule has 2 aromatic heterocycles. The van der Waals surface area contributed by atoms with Gasteiger partial charge in [0.1, 0.15) is 5.82 Å². The molecule has 0 N–H and O–H groups in total. The molecular weight excluding hydrogens is 250 g/mol. The van der Waals surface area contributed by atoms with E-state index in [-0.39, 0.29) is 6.04 Å². The molecule has 2 aromatic rings. The number of aromatic nitrogens is 4. The minimum Gasteiger partial charge on any atom is -0.345 e. The van der Waals surface area contributed by atoms with Gasteiger partial charge >= 0.3 is 0 Å². The highest BCUT2D eigenvalue weighted by Gasteiger charge is 2.27.